The third kappa shape index (κ3) is 1.84. The Morgan fingerprint density at radius 1 is 1.29 bits per heavy atom. The van der Waals surface area contributed by atoms with Gasteiger partial charge in [-0.1, -0.05) is 0 Å². The van der Waals surface area contributed by atoms with Crippen molar-refractivity contribution < 1.29 is 0 Å². The van der Waals surface area contributed by atoms with Gasteiger partial charge in [0.2, 0.25) is 0 Å². The van der Waals surface area contributed by atoms with Crippen LogP contribution in [-0.2, 0) is 13.1 Å². The zero-order valence-corrected chi connectivity index (χ0v) is 11.2. The van der Waals surface area contributed by atoms with Gasteiger partial charge in [-0.05, 0) is 34.5 Å². The van der Waals surface area contributed by atoms with Crippen LogP contribution in [0.3, 0.4) is 0 Å². The molecular formula is C12H13BrN4. The molecule has 0 unspecified atom stereocenters. The minimum atomic E-state index is 0.911. The third-order valence-corrected chi connectivity index (χ3v) is 3.78. The van der Waals surface area contributed by atoms with Gasteiger partial charge in [-0.2, -0.15) is 5.10 Å². The number of halogens is 1. The van der Waals surface area contributed by atoms with Crippen molar-refractivity contribution >= 4 is 21.6 Å². The van der Waals surface area contributed by atoms with E-state index < -0.39 is 0 Å². The van der Waals surface area contributed by atoms with E-state index in [2.05, 4.69) is 42.5 Å². The van der Waals surface area contributed by atoms with E-state index in [1.54, 1.807) is 0 Å². The summed E-state index contributed by atoms with van der Waals surface area (Å²) in [5.41, 5.74) is 3.77. The van der Waals surface area contributed by atoms with Crippen LogP contribution in [0.15, 0.2) is 29.1 Å². The van der Waals surface area contributed by atoms with Gasteiger partial charge in [-0.15, -0.1) is 0 Å². The molecule has 0 saturated heterocycles. The molecule has 0 aliphatic carbocycles. The summed E-state index contributed by atoms with van der Waals surface area (Å²) < 4.78 is 3.15. The highest BCUT2D eigenvalue weighted by Gasteiger charge is 2.20. The highest BCUT2D eigenvalue weighted by atomic mass is 79.9. The average Bonchev–Trinajstić information content (AvgIpc) is 2.71. The first-order valence-corrected chi connectivity index (χ1v) is 6.41. The first-order chi connectivity index (χ1) is 8.25. The molecule has 0 saturated carbocycles. The number of hydrogen-bond acceptors (Lipinski definition) is 3. The second kappa shape index (κ2) is 4.14. The molecule has 88 valence electrons. The van der Waals surface area contributed by atoms with Gasteiger partial charge in [0.05, 0.1) is 35.1 Å². The van der Waals surface area contributed by atoms with Gasteiger partial charge in [0.15, 0.2) is 0 Å². The maximum absolute atomic E-state index is 4.37. The zero-order valence-electron chi connectivity index (χ0n) is 9.60. The smallest absolute Gasteiger partial charge is 0.0607 e. The van der Waals surface area contributed by atoms with Gasteiger partial charge >= 0.3 is 0 Å². The van der Waals surface area contributed by atoms with Gasteiger partial charge in [0.25, 0.3) is 0 Å². The van der Waals surface area contributed by atoms with E-state index in [1.165, 1.54) is 16.9 Å². The van der Waals surface area contributed by atoms with Gasteiger partial charge in [0, 0.05) is 18.9 Å². The summed E-state index contributed by atoms with van der Waals surface area (Å²) in [6, 6.07) is 2.05. The van der Waals surface area contributed by atoms with Crippen LogP contribution in [0.5, 0.6) is 0 Å². The lowest BCUT2D eigenvalue weighted by Crippen LogP contribution is -2.34. The highest BCUT2D eigenvalue weighted by Crippen LogP contribution is 2.28. The number of rotatable bonds is 1. The Bertz CT molecular complexity index is 549. The monoisotopic (exact) mass is 292 g/mol. The van der Waals surface area contributed by atoms with Gasteiger partial charge in [-0.3, -0.25) is 9.67 Å². The van der Waals surface area contributed by atoms with Crippen LogP contribution in [0.2, 0.25) is 0 Å². The van der Waals surface area contributed by atoms with Gasteiger partial charge in [-0.25, -0.2) is 0 Å². The quantitative estimate of drug-likeness (QED) is 0.809. The fourth-order valence-electron chi connectivity index (χ4n) is 2.21. The van der Waals surface area contributed by atoms with E-state index in [0.29, 0.717) is 0 Å². The number of fused-ring (bicyclic) bond motifs is 1. The molecule has 0 bridgehead atoms. The molecule has 0 spiro atoms. The molecule has 3 rings (SSSR count). The number of hydrogen-bond donors (Lipinski definition) is 0. The average molecular weight is 293 g/mol. The van der Waals surface area contributed by atoms with Crippen molar-refractivity contribution in [2.45, 2.75) is 20.0 Å². The number of aryl methyl sites for hydroxylation is 1. The lowest BCUT2D eigenvalue weighted by Gasteiger charge is -2.30. The van der Waals surface area contributed by atoms with E-state index in [4.69, 9.17) is 0 Å². The lowest BCUT2D eigenvalue weighted by atomic mass is 10.2. The minimum Gasteiger partial charge on any atom is -0.363 e. The van der Waals surface area contributed by atoms with Crippen LogP contribution in [0.4, 0.5) is 5.69 Å². The first-order valence-electron chi connectivity index (χ1n) is 5.61. The predicted octanol–water partition coefficient (Wildman–Crippen LogP) is 2.37. The molecule has 1 aliphatic heterocycles. The molecule has 17 heavy (non-hydrogen) atoms. The van der Waals surface area contributed by atoms with E-state index in [1.807, 2.05) is 24.7 Å². The Hall–Kier alpha value is -1.36. The Labute approximate surface area is 108 Å². The Morgan fingerprint density at radius 2 is 2.18 bits per heavy atom. The molecule has 0 amide bonds. The van der Waals surface area contributed by atoms with Crippen molar-refractivity contribution in [3.8, 4) is 0 Å². The minimum absolute atomic E-state index is 0.911. The summed E-state index contributed by atoms with van der Waals surface area (Å²) in [5.74, 6) is 0. The van der Waals surface area contributed by atoms with Crippen LogP contribution in [0, 0.1) is 6.92 Å². The van der Waals surface area contributed by atoms with Crippen molar-refractivity contribution in [3.63, 3.8) is 0 Å². The molecule has 3 heterocycles. The number of aromatic nitrogens is 3. The maximum Gasteiger partial charge on any atom is 0.0607 e. The van der Waals surface area contributed by atoms with Crippen LogP contribution in [-0.4, -0.2) is 21.3 Å². The van der Waals surface area contributed by atoms with Crippen LogP contribution >= 0.6 is 15.9 Å². The Morgan fingerprint density at radius 3 is 3.00 bits per heavy atom. The van der Waals surface area contributed by atoms with E-state index in [-0.39, 0.29) is 0 Å². The molecule has 2 aromatic rings. The molecule has 0 N–H and O–H groups in total. The fraction of sp³-hybridized carbons (Fsp3) is 0.333. The molecule has 0 atom stereocenters. The summed E-state index contributed by atoms with van der Waals surface area (Å²) in [6.45, 7) is 4.95. The summed E-state index contributed by atoms with van der Waals surface area (Å²) >= 11 is 3.55. The van der Waals surface area contributed by atoms with E-state index in [0.717, 1.165) is 24.1 Å². The SMILES string of the molecule is Cc1cnn2c1CN(c1ccncc1Br)CC2. The van der Waals surface area contributed by atoms with Gasteiger partial charge in [0.1, 0.15) is 0 Å². The molecule has 4 nitrogen and oxygen atoms in total. The standard InChI is InChI=1S/C12H13BrN4/c1-9-6-15-17-5-4-16(8-12(9)17)11-2-3-14-7-10(11)13/h2-3,6-7H,4-5,8H2,1H3. The molecule has 1 aliphatic rings. The Balaban J connectivity index is 1.94. The number of pyridine rings is 1. The third-order valence-electron chi connectivity index (χ3n) is 3.17. The maximum atomic E-state index is 4.37. The molecular weight excluding hydrogens is 280 g/mol. The molecule has 2 aromatic heterocycles. The second-order valence-electron chi connectivity index (χ2n) is 4.25. The predicted molar refractivity (Wildman–Crippen MR) is 70.0 cm³/mol. The molecule has 5 heteroatoms. The topological polar surface area (TPSA) is 34.0 Å². The van der Waals surface area contributed by atoms with Gasteiger partial charge < -0.3 is 4.90 Å². The van der Waals surface area contributed by atoms with Crippen LogP contribution in [0.25, 0.3) is 0 Å². The summed E-state index contributed by atoms with van der Waals surface area (Å²) in [4.78, 5) is 6.46. The van der Waals surface area contributed by atoms with Crippen molar-refractivity contribution in [2.75, 3.05) is 11.4 Å². The van der Waals surface area contributed by atoms with Crippen molar-refractivity contribution in [1.29, 1.82) is 0 Å². The van der Waals surface area contributed by atoms with Crippen LogP contribution < -0.4 is 4.90 Å². The normalized spacial score (nSPS) is 14.8. The number of anilines is 1. The van der Waals surface area contributed by atoms with E-state index in [9.17, 15) is 0 Å². The number of nitrogens with zero attached hydrogens (tertiary/aromatic N) is 4. The lowest BCUT2D eigenvalue weighted by molar-refractivity contribution is 0.518. The first kappa shape index (κ1) is 10.8. The van der Waals surface area contributed by atoms with E-state index >= 15 is 0 Å². The van der Waals surface area contributed by atoms with Crippen molar-refractivity contribution in [2.24, 2.45) is 0 Å². The van der Waals surface area contributed by atoms with Crippen molar-refractivity contribution in [1.82, 2.24) is 14.8 Å². The highest BCUT2D eigenvalue weighted by molar-refractivity contribution is 9.10. The fourth-order valence-corrected chi connectivity index (χ4v) is 2.71. The summed E-state index contributed by atoms with van der Waals surface area (Å²) in [6.07, 6.45) is 5.62. The van der Waals surface area contributed by atoms with Crippen molar-refractivity contribution in [3.05, 3.63) is 40.4 Å². The van der Waals surface area contributed by atoms with Crippen LogP contribution in [0.1, 0.15) is 11.3 Å². The molecule has 0 aromatic carbocycles. The Kier molecular flexibility index (Phi) is 2.63. The molecule has 0 radical (unpaired) electrons. The summed E-state index contributed by atoms with van der Waals surface area (Å²) in [5, 5.41) is 4.37. The zero-order chi connectivity index (χ0) is 11.8. The largest absolute Gasteiger partial charge is 0.363 e. The molecule has 0 fully saturated rings. The summed E-state index contributed by atoms with van der Waals surface area (Å²) in [7, 11) is 0. The second-order valence-corrected chi connectivity index (χ2v) is 5.10.